The van der Waals surface area contributed by atoms with E-state index in [4.69, 9.17) is 4.74 Å². The van der Waals surface area contributed by atoms with Crippen molar-refractivity contribution in [3.05, 3.63) is 23.3 Å². The van der Waals surface area contributed by atoms with Crippen LogP contribution in [-0.2, 0) is 17.8 Å². The summed E-state index contributed by atoms with van der Waals surface area (Å²) in [4.78, 5) is 10.9. The second-order valence-corrected chi connectivity index (χ2v) is 3.62. The molecule has 0 aliphatic heterocycles. The predicted octanol–water partition coefficient (Wildman–Crippen LogP) is 1.41. The number of benzene rings is 1. The van der Waals surface area contributed by atoms with Crippen LogP contribution < -0.4 is 4.74 Å². The fourth-order valence-corrected chi connectivity index (χ4v) is 1.60. The van der Waals surface area contributed by atoms with Gasteiger partial charge >= 0.3 is 0 Å². The molecule has 0 aliphatic carbocycles. The molecule has 0 atom stereocenters. The van der Waals surface area contributed by atoms with E-state index in [1.54, 1.807) is 6.07 Å². The van der Waals surface area contributed by atoms with Crippen LogP contribution in [0.3, 0.4) is 0 Å². The third-order valence-electron chi connectivity index (χ3n) is 2.45. The summed E-state index contributed by atoms with van der Waals surface area (Å²) in [6.45, 7) is 1.31. The van der Waals surface area contributed by atoms with Crippen molar-refractivity contribution >= 4 is 5.78 Å². The molecule has 1 aromatic rings. The van der Waals surface area contributed by atoms with Crippen molar-refractivity contribution in [3.63, 3.8) is 0 Å². The molecular formula is C12H16O4. The van der Waals surface area contributed by atoms with Gasteiger partial charge in [0.1, 0.15) is 5.78 Å². The number of aromatic hydroxyl groups is 1. The van der Waals surface area contributed by atoms with Gasteiger partial charge in [-0.3, -0.25) is 0 Å². The quantitative estimate of drug-likeness (QED) is 0.793. The van der Waals surface area contributed by atoms with Crippen LogP contribution in [0.4, 0.5) is 0 Å². The Balaban J connectivity index is 3.04. The van der Waals surface area contributed by atoms with Crippen LogP contribution in [0.15, 0.2) is 12.1 Å². The normalized spacial score (nSPS) is 10.2. The van der Waals surface area contributed by atoms with Crippen LogP contribution in [-0.4, -0.2) is 23.1 Å². The van der Waals surface area contributed by atoms with Crippen LogP contribution in [0.25, 0.3) is 0 Å². The molecular weight excluding hydrogens is 208 g/mol. The standard InChI is InChI=1S/C12H16O4/c1-8(14)3-4-9-5-6-11(15)12(16-2)10(9)7-13/h5-6,13,15H,3-4,7H2,1-2H3. The number of ketones is 1. The third kappa shape index (κ3) is 2.73. The van der Waals surface area contributed by atoms with E-state index in [1.807, 2.05) is 0 Å². The second-order valence-electron chi connectivity index (χ2n) is 3.62. The van der Waals surface area contributed by atoms with Gasteiger partial charge in [0.25, 0.3) is 0 Å². The summed E-state index contributed by atoms with van der Waals surface area (Å²) in [6, 6.07) is 3.21. The number of phenols is 1. The Morgan fingerprint density at radius 2 is 2.12 bits per heavy atom. The number of hydrogen-bond acceptors (Lipinski definition) is 4. The van der Waals surface area contributed by atoms with Gasteiger partial charge in [-0.15, -0.1) is 0 Å². The maximum atomic E-state index is 10.9. The number of rotatable bonds is 5. The number of methoxy groups -OCH3 is 1. The lowest BCUT2D eigenvalue weighted by Crippen LogP contribution is -2.01. The fraction of sp³-hybridized carbons (Fsp3) is 0.417. The Morgan fingerprint density at radius 1 is 1.44 bits per heavy atom. The Kier molecular flexibility index (Phi) is 4.31. The molecule has 4 nitrogen and oxygen atoms in total. The highest BCUT2D eigenvalue weighted by Gasteiger charge is 2.13. The average Bonchev–Trinajstić information content (AvgIpc) is 2.26. The molecule has 0 saturated heterocycles. The van der Waals surface area contributed by atoms with Gasteiger partial charge in [-0.25, -0.2) is 0 Å². The lowest BCUT2D eigenvalue weighted by atomic mass is 10.0. The molecule has 0 fully saturated rings. The summed E-state index contributed by atoms with van der Waals surface area (Å²) >= 11 is 0. The van der Waals surface area contributed by atoms with Crippen molar-refractivity contribution in [1.29, 1.82) is 0 Å². The zero-order valence-corrected chi connectivity index (χ0v) is 9.49. The zero-order valence-electron chi connectivity index (χ0n) is 9.49. The van der Waals surface area contributed by atoms with E-state index >= 15 is 0 Å². The first kappa shape index (κ1) is 12.5. The number of hydrogen-bond donors (Lipinski definition) is 2. The average molecular weight is 224 g/mol. The highest BCUT2D eigenvalue weighted by atomic mass is 16.5. The maximum Gasteiger partial charge on any atom is 0.166 e. The first-order valence-corrected chi connectivity index (χ1v) is 5.08. The Labute approximate surface area is 94.5 Å². The number of aliphatic hydroxyl groups is 1. The molecule has 88 valence electrons. The minimum Gasteiger partial charge on any atom is -0.504 e. The lowest BCUT2D eigenvalue weighted by Gasteiger charge is -2.13. The fourth-order valence-electron chi connectivity index (χ4n) is 1.60. The summed E-state index contributed by atoms with van der Waals surface area (Å²) in [5, 5.41) is 18.8. The first-order valence-electron chi connectivity index (χ1n) is 5.08. The highest BCUT2D eigenvalue weighted by molar-refractivity contribution is 5.75. The van der Waals surface area contributed by atoms with Gasteiger partial charge in [-0.2, -0.15) is 0 Å². The Bertz CT molecular complexity index is 385. The molecule has 0 spiro atoms. The molecule has 1 aromatic carbocycles. The number of aliphatic hydroxyl groups excluding tert-OH is 1. The first-order chi connectivity index (χ1) is 7.60. The molecule has 4 heteroatoms. The van der Waals surface area contributed by atoms with Crippen LogP contribution >= 0.6 is 0 Å². The van der Waals surface area contributed by atoms with E-state index in [9.17, 15) is 15.0 Å². The van der Waals surface area contributed by atoms with E-state index in [-0.39, 0.29) is 23.9 Å². The van der Waals surface area contributed by atoms with Crippen LogP contribution in [0.1, 0.15) is 24.5 Å². The van der Waals surface area contributed by atoms with Crippen molar-refractivity contribution in [2.75, 3.05) is 7.11 Å². The Morgan fingerprint density at radius 3 is 2.62 bits per heavy atom. The predicted molar refractivity (Wildman–Crippen MR) is 59.6 cm³/mol. The van der Waals surface area contributed by atoms with E-state index in [2.05, 4.69) is 0 Å². The van der Waals surface area contributed by atoms with Gasteiger partial charge in [-0.1, -0.05) is 6.07 Å². The van der Waals surface area contributed by atoms with Crippen LogP contribution in [0.2, 0.25) is 0 Å². The van der Waals surface area contributed by atoms with Crippen LogP contribution in [0.5, 0.6) is 11.5 Å². The summed E-state index contributed by atoms with van der Waals surface area (Å²) in [7, 11) is 1.43. The van der Waals surface area contributed by atoms with Crippen LogP contribution in [0, 0.1) is 0 Å². The van der Waals surface area contributed by atoms with Gasteiger partial charge in [-0.05, 0) is 25.0 Å². The summed E-state index contributed by atoms with van der Waals surface area (Å²) in [6.07, 6.45) is 0.961. The monoisotopic (exact) mass is 224 g/mol. The second kappa shape index (κ2) is 5.51. The molecule has 2 N–H and O–H groups in total. The molecule has 0 bridgehead atoms. The number of carbonyl (C=O) groups excluding carboxylic acids is 1. The van der Waals surface area contributed by atoms with Crippen molar-refractivity contribution in [3.8, 4) is 11.5 Å². The van der Waals surface area contributed by atoms with Crippen molar-refractivity contribution < 1.29 is 19.7 Å². The molecule has 0 radical (unpaired) electrons. The molecule has 0 heterocycles. The minimum absolute atomic E-state index is 0.00174. The van der Waals surface area contributed by atoms with E-state index in [1.165, 1.54) is 20.1 Å². The largest absolute Gasteiger partial charge is 0.504 e. The SMILES string of the molecule is COc1c(O)ccc(CCC(C)=O)c1CO. The van der Waals surface area contributed by atoms with Crippen molar-refractivity contribution in [2.45, 2.75) is 26.4 Å². The maximum absolute atomic E-state index is 10.9. The minimum atomic E-state index is -0.217. The number of Topliss-reactive ketones (excluding diaryl/α,β-unsaturated/α-hetero) is 1. The molecule has 1 rings (SSSR count). The number of phenolic OH excluding ortho intramolecular Hbond substituents is 1. The van der Waals surface area contributed by atoms with Gasteiger partial charge in [0.2, 0.25) is 0 Å². The van der Waals surface area contributed by atoms with Gasteiger partial charge < -0.3 is 19.7 Å². The van der Waals surface area contributed by atoms with Crippen molar-refractivity contribution in [1.82, 2.24) is 0 Å². The summed E-state index contributed by atoms with van der Waals surface area (Å²) < 4.78 is 5.02. The number of ether oxygens (including phenoxy) is 1. The van der Waals surface area contributed by atoms with Crippen molar-refractivity contribution in [2.24, 2.45) is 0 Å². The molecule has 0 unspecified atom stereocenters. The van der Waals surface area contributed by atoms with Gasteiger partial charge in [0.15, 0.2) is 11.5 Å². The molecule has 0 aromatic heterocycles. The van der Waals surface area contributed by atoms with E-state index < -0.39 is 0 Å². The molecule has 0 amide bonds. The molecule has 0 saturated carbocycles. The lowest BCUT2D eigenvalue weighted by molar-refractivity contribution is -0.116. The van der Waals surface area contributed by atoms with Gasteiger partial charge in [0, 0.05) is 12.0 Å². The topological polar surface area (TPSA) is 66.8 Å². The van der Waals surface area contributed by atoms with Gasteiger partial charge in [0.05, 0.1) is 13.7 Å². The summed E-state index contributed by atoms with van der Waals surface area (Å²) in [5.41, 5.74) is 1.37. The molecule has 0 aliphatic rings. The number of carbonyl (C=O) groups is 1. The number of aryl methyl sites for hydroxylation is 1. The summed E-state index contributed by atoms with van der Waals surface area (Å²) in [5.74, 6) is 0.373. The van der Waals surface area contributed by atoms with E-state index in [0.717, 1.165) is 5.56 Å². The van der Waals surface area contributed by atoms with E-state index in [0.29, 0.717) is 18.4 Å². The molecule has 16 heavy (non-hydrogen) atoms. The highest BCUT2D eigenvalue weighted by Crippen LogP contribution is 2.33. The zero-order chi connectivity index (χ0) is 12.1. The third-order valence-corrected chi connectivity index (χ3v) is 2.45. The Hall–Kier alpha value is -1.55. The smallest absolute Gasteiger partial charge is 0.166 e.